The van der Waals surface area contributed by atoms with E-state index < -0.39 is 0 Å². The molecule has 3 heteroatoms. The quantitative estimate of drug-likeness (QED) is 0.678. The molecule has 1 heterocycles. The van der Waals surface area contributed by atoms with Gasteiger partial charge in [-0.25, -0.2) is 0 Å². The van der Waals surface area contributed by atoms with Crippen molar-refractivity contribution in [3.05, 3.63) is 40.7 Å². The first-order valence-corrected chi connectivity index (χ1v) is 4.53. The lowest BCUT2D eigenvalue weighted by Crippen LogP contribution is -1.99. The van der Waals surface area contributed by atoms with Crippen molar-refractivity contribution in [1.29, 1.82) is 0 Å². The first-order valence-electron chi connectivity index (χ1n) is 4.12. The number of aromatic amines is 1. The predicted octanol–water partition coefficient (Wildman–Crippen LogP) is 2.36. The summed E-state index contributed by atoms with van der Waals surface area (Å²) in [5, 5.41) is 2.22. The van der Waals surface area contributed by atoms with Gasteiger partial charge in [0.05, 0.1) is 0 Å². The maximum atomic E-state index is 5.53. The van der Waals surface area contributed by atoms with Crippen LogP contribution in [0.1, 0.15) is 5.69 Å². The summed E-state index contributed by atoms with van der Waals surface area (Å²) in [4.78, 5) is 3.09. The van der Waals surface area contributed by atoms with E-state index in [1.807, 2.05) is 30.3 Å². The summed E-state index contributed by atoms with van der Waals surface area (Å²) in [5.74, 6) is 0. The Morgan fingerprint density at radius 2 is 2.08 bits per heavy atom. The zero-order valence-electron chi connectivity index (χ0n) is 7.08. The Labute approximate surface area is 81.4 Å². The van der Waals surface area contributed by atoms with E-state index in [1.165, 1.54) is 0 Å². The lowest BCUT2D eigenvalue weighted by atomic mass is 10.1. The minimum absolute atomic E-state index is 0.495. The number of aromatic nitrogens is 1. The van der Waals surface area contributed by atoms with Crippen LogP contribution < -0.4 is 5.73 Å². The topological polar surface area (TPSA) is 41.8 Å². The molecule has 0 amide bonds. The Morgan fingerprint density at radius 3 is 2.85 bits per heavy atom. The zero-order chi connectivity index (χ0) is 9.26. The molecular formula is C10H10N2S. The fourth-order valence-electron chi connectivity index (χ4n) is 1.38. The van der Waals surface area contributed by atoms with E-state index in [1.54, 1.807) is 0 Å². The van der Waals surface area contributed by atoms with Crippen LogP contribution in [0.3, 0.4) is 0 Å². The van der Waals surface area contributed by atoms with Gasteiger partial charge in [-0.3, -0.25) is 0 Å². The molecule has 0 aliphatic carbocycles. The molecule has 0 bridgehead atoms. The normalized spacial score (nSPS) is 10.5. The lowest BCUT2D eigenvalue weighted by Gasteiger charge is -2.01. The Morgan fingerprint density at radius 1 is 1.31 bits per heavy atom. The molecule has 0 saturated carbocycles. The Kier molecular flexibility index (Phi) is 2.12. The summed E-state index contributed by atoms with van der Waals surface area (Å²) in [6.45, 7) is 0.495. The van der Waals surface area contributed by atoms with Gasteiger partial charge >= 0.3 is 0 Å². The van der Waals surface area contributed by atoms with Gasteiger partial charge in [0, 0.05) is 17.6 Å². The van der Waals surface area contributed by atoms with Crippen LogP contribution in [0, 0.1) is 4.64 Å². The standard InChI is InChI=1S/C10H10N2S/c11-6-8-5-7-3-1-2-4-9(7)10(13)12-8/h1-5H,6,11H2,(H,12,13). The van der Waals surface area contributed by atoms with Gasteiger partial charge in [0.25, 0.3) is 0 Å². The SMILES string of the molecule is NCc1cc2ccccc2c(=S)[nH]1. The number of rotatable bonds is 1. The molecule has 0 aliphatic heterocycles. The first kappa shape index (κ1) is 8.41. The van der Waals surface area contributed by atoms with Gasteiger partial charge in [-0.2, -0.15) is 0 Å². The molecule has 0 spiro atoms. The van der Waals surface area contributed by atoms with Crippen molar-refractivity contribution in [3.63, 3.8) is 0 Å². The van der Waals surface area contributed by atoms with Crippen LogP contribution in [0.2, 0.25) is 0 Å². The summed E-state index contributed by atoms with van der Waals surface area (Å²) in [6, 6.07) is 10.1. The van der Waals surface area contributed by atoms with E-state index in [0.717, 1.165) is 21.1 Å². The average molecular weight is 190 g/mol. The molecule has 0 radical (unpaired) electrons. The highest BCUT2D eigenvalue weighted by Crippen LogP contribution is 2.14. The van der Waals surface area contributed by atoms with Gasteiger partial charge in [0.15, 0.2) is 0 Å². The molecule has 0 fully saturated rings. The molecule has 0 atom stereocenters. The number of benzene rings is 1. The fourth-order valence-corrected chi connectivity index (χ4v) is 1.69. The van der Waals surface area contributed by atoms with E-state index in [0.29, 0.717) is 6.54 Å². The number of hydrogen-bond acceptors (Lipinski definition) is 2. The van der Waals surface area contributed by atoms with Crippen molar-refractivity contribution >= 4 is 23.0 Å². The van der Waals surface area contributed by atoms with Crippen molar-refractivity contribution in [2.75, 3.05) is 0 Å². The van der Waals surface area contributed by atoms with Crippen LogP contribution in [0.25, 0.3) is 10.8 Å². The van der Waals surface area contributed by atoms with Gasteiger partial charge < -0.3 is 10.7 Å². The van der Waals surface area contributed by atoms with Crippen LogP contribution in [-0.2, 0) is 6.54 Å². The van der Waals surface area contributed by atoms with Gasteiger partial charge in [0.2, 0.25) is 0 Å². The Bertz CT molecular complexity index is 487. The smallest absolute Gasteiger partial charge is 0.111 e. The molecule has 2 rings (SSSR count). The summed E-state index contributed by atoms with van der Waals surface area (Å²) in [5.41, 5.74) is 6.51. The molecule has 13 heavy (non-hydrogen) atoms. The molecule has 2 aromatic rings. The van der Waals surface area contributed by atoms with Gasteiger partial charge in [-0.05, 0) is 11.5 Å². The Hall–Kier alpha value is -1.19. The van der Waals surface area contributed by atoms with Crippen molar-refractivity contribution in [3.8, 4) is 0 Å². The van der Waals surface area contributed by atoms with Gasteiger partial charge in [-0.1, -0.05) is 36.5 Å². The lowest BCUT2D eigenvalue weighted by molar-refractivity contribution is 0.993. The third kappa shape index (κ3) is 1.48. The fraction of sp³-hybridized carbons (Fsp3) is 0.100. The molecule has 66 valence electrons. The minimum Gasteiger partial charge on any atom is -0.348 e. The highest BCUT2D eigenvalue weighted by atomic mass is 32.1. The van der Waals surface area contributed by atoms with E-state index in [9.17, 15) is 0 Å². The second-order valence-corrected chi connectivity index (χ2v) is 3.32. The number of hydrogen-bond donors (Lipinski definition) is 2. The minimum atomic E-state index is 0.495. The molecule has 0 unspecified atom stereocenters. The van der Waals surface area contributed by atoms with Crippen LogP contribution in [0.4, 0.5) is 0 Å². The largest absolute Gasteiger partial charge is 0.348 e. The molecule has 0 saturated heterocycles. The average Bonchev–Trinajstić information content (AvgIpc) is 2.18. The molecule has 3 N–H and O–H groups in total. The second kappa shape index (κ2) is 3.28. The van der Waals surface area contributed by atoms with Crippen LogP contribution >= 0.6 is 12.2 Å². The third-order valence-electron chi connectivity index (χ3n) is 2.03. The number of pyridine rings is 1. The number of nitrogens with two attached hydrogens (primary N) is 1. The predicted molar refractivity (Wildman–Crippen MR) is 57.0 cm³/mol. The Balaban J connectivity index is 2.85. The number of H-pyrrole nitrogens is 1. The summed E-state index contributed by atoms with van der Waals surface area (Å²) >= 11 is 5.20. The maximum absolute atomic E-state index is 5.53. The highest BCUT2D eigenvalue weighted by Gasteiger charge is 1.96. The van der Waals surface area contributed by atoms with Crippen molar-refractivity contribution in [2.45, 2.75) is 6.54 Å². The van der Waals surface area contributed by atoms with Crippen LogP contribution in [0.15, 0.2) is 30.3 Å². The monoisotopic (exact) mass is 190 g/mol. The van der Waals surface area contributed by atoms with E-state index in [-0.39, 0.29) is 0 Å². The summed E-state index contributed by atoms with van der Waals surface area (Å²) in [6.07, 6.45) is 0. The number of nitrogens with one attached hydrogen (secondary N) is 1. The molecule has 1 aromatic carbocycles. The third-order valence-corrected chi connectivity index (χ3v) is 2.35. The van der Waals surface area contributed by atoms with Crippen molar-refractivity contribution in [2.24, 2.45) is 5.73 Å². The van der Waals surface area contributed by atoms with Gasteiger partial charge in [0.1, 0.15) is 4.64 Å². The molecular weight excluding hydrogens is 180 g/mol. The van der Waals surface area contributed by atoms with E-state index >= 15 is 0 Å². The van der Waals surface area contributed by atoms with E-state index in [2.05, 4.69) is 4.98 Å². The number of fused-ring (bicyclic) bond motifs is 1. The second-order valence-electron chi connectivity index (χ2n) is 2.92. The zero-order valence-corrected chi connectivity index (χ0v) is 7.90. The van der Waals surface area contributed by atoms with Crippen LogP contribution in [0.5, 0.6) is 0 Å². The first-order chi connectivity index (χ1) is 6.31. The van der Waals surface area contributed by atoms with Gasteiger partial charge in [-0.15, -0.1) is 0 Å². The van der Waals surface area contributed by atoms with Crippen molar-refractivity contribution in [1.82, 2.24) is 4.98 Å². The van der Waals surface area contributed by atoms with Crippen LogP contribution in [-0.4, -0.2) is 4.98 Å². The molecule has 1 aromatic heterocycles. The summed E-state index contributed by atoms with van der Waals surface area (Å²) in [7, 11) is 0. The van der Waals surface area contributed by atoms with Crippen molar-refractivity contribution < 1.29 is 0 Å². The molecule has 2 nitrogen and oxygen atoms in total. The van der Waals surface area contributed by atoms with E-state index in [4.69, 9.17) is 18.0 Å². The summed E-state index contributed by atoms with van der Waals surface area (Å²) < 4.78 is 0.763. The maximum Gasteiger partial charge on any atom is 0.111 e. The molecule has 0 aliphatic rings. The highest BCUT2D eigenvalue weighted by molar-refractivity contribution is 7.71.